The van der Waals surface area contributed by atoms with E-state index in [1.165, 1.54) is 0 Å². The minimum absolute atomic E-state index is 0.145. The van der Waals surface area contributed by atoms with Crippen LogP contribution < -0.4 is 14.8 Å². The normalized spacial score (nSPS) is 10.6. The Hall–Kier alpha value is -2.45. The summed E-state index contributed by atoms with van der Waals surface area (Å²) in [5.74, 6) is 1.08. The van der Waals surface area contributed by atoms with Gasteiger partial charge in [0.2, 0.25) is 0 Å². The van der Waals surface area contributed by atoms with Gasteiger partial charge in [0.05, 0.1) is 18.7 Å². The molecule has 0 atom stereocenters. The third-order valence-electron chi connectivity index (χ3n) is 4.14. The second-order valence-corrected chi connectivity index (χ2v) is 7.45. The second kappa shape index (κ2) is 9.16. The van der Waals surface area contributed by atoms with E-state index in [1.54, 1.807) is 44.3 Å². The highest BCUT2D eigenvalue weighted by Crippen LogP contribution is 2.36. The zero-order chi connectivity index (χ0) is 20.1. The minimum Gasteiger partial charge on any atom is -0.493 e. The van der Waals surface area contributed by atoms with Crippen molar-refractivity contribution in [3.8, 4) is 17.2 Å². The zero-order valence-corrected chi connectivity index (χ0v) is 18.1. The summed E-state index contributed by atoms with van der Waals surface area (Å²) in [6, 6.07) is 11.2. The van der Waals surface area contributed by atoms with Gasteiger partial charge in [-0.3, -0.25) is 9.36 Å². The number of carbonyl (C=O) groups is 1. The van der Waals surface area contributed by atoms with E-state index in [0.717, 1.165) is 20.9 Å². The zero-order valence-electron chi connectivity index (χ0n) is 15.7. The Morgan fingerprint density at radius 3 is 2.61 bits per heavy atom. The number of halogens is 1. The van der Waals surface area contributed by atoms with Crippen LogP contribution in [0.4, 0.5) is 0 Å². The summed E-state index contributed by atoms with van der Waals surface area (Å²) in [6.45, 7) is 0.373. The van der Waals surface area contributed by atoms with Gasteiger partial charge in [-0.1, -0.05) is 11.8 Å². The van der Waals surface area contributed by atoms with E-state index in [9.17, 15) is 4.79 Å². The molecule has 0 aliphatic heterocycles. The van der Waals surface area contributed by atoms with Crippen molar-refractivity contribution in [2.24, 2.45) is 0 Å². The van der Waals surface area contributed by atoms with Gasteiger partial charge in [0.15, 0.2) is 16.7 Å². The van der Waals surface area contributed by atoms with Gasteiger partial charge >= 0.3 is 0 Å². The summed E-state index contributed by atoms with van der Waals surface area (Å²) in [5.41, 5.74) is 2.45. The molecule has 1 N–H and O–H groups in total. The Bertz CT molecular complexity index is 973. The van der Waals surface area contributed by atoms with Crippen molar-refractivity contribution >= 4 is 33.6 Å². The average Bonchev–Trinajstić information content (AvgIpc) is 3.20. The number of benzene rings is 2. The van der Waals surface area contributed by atoms with Crippen LogP contribution in [0.3, 0.4) is 0 Å². The fourth-order valence-electron chi connectivity index (χ4n) is 2.77. The molecule has 0 bridgehead atoms. The number of methoxy groups -OCH3 is 2. The van der Waals surface area contributed by atoms with Crippen LogP contribution in [0.25, 0.3) is 5.69 Å². The Morgan fingerprint density at radius 1 is 1.21 bits per heavy atom. The van der Waals surface area contributed by atoms with Crippen molar-refractivity contribution in [3.05, 3.63) is 64.4 Å². The van der Waals surface area contributed by atoms with Crippen LogP contribution in [0.2, 0.25) is 0 Å². The maximum absolute atomic E-state index is 12.5. The summed E-state index contributed by atoms with van der Waals surface area (Å²) in [5, 5.41) is 3.83. The van der Waals surface area contributed by atoms with Crippen molar-refractivity contribution in [1.82, 2.24) is 14.9 Å². The predicted molar refractivity (Wildman–Crippen MR) is 114 cm³/mol. The Kier molecular flexibility index (Phi) is 6.64. The van der Waals surface area contributed by atoms with E-state index < -0.39 is 0 Å². The van der Waals surface area contributed by atoms with Crippen molar-refractivity contribution in [2.75, 3.05) is 20.5 Å². The molecule has 0 saturated heterocycles. The molecule has 0 aliphatic carbocycles. The Labute approximate surface area is 176 Å². The summed E-state index contributed by atoms with van der Waals surface area (Å²) in [7, 11) is 3.16. The first-order valence-corrected chi connectivity index (χ1v) is 10.5. The molecule has 146 valence electrons. The number of carbonyl (C=O) groups excluding carboxylic acids is 1. The average molecular weight is 462 g/mol. The summed E-state index contributed by atoms with van der Waals surface area (Å²) >= 11 is 5.03. The number of aromatic nitrogens is 2. The fourth-order valence-corrected chi connectivity index (χ4v) is 3.95. The van der Waals surface area contributed by atoms with E-state index in [-0.39, 0.29) is 5.91 Å². The Morgan fingerprint density at radius 2 is 1.96 bits per heavy atom. The molecule has 28 heavy (non-hydrogen) atoms. The van der Waals surface area contributed by atoms with Gasteiger partial charge in [-0.25, -0.2) is 4.98 Å². The minimum atomic E-state index is -0.145. The first-order chi connectivity index (χ1) is 13.6. The number of ether oxygens (including phenoxy) is 2. The standard InChI is InChI=1S/C20H20BrN3O3S/c1-26-17-11-13(10-16(21)18(17)27-2)12-23-19(25)14-4-6-15(7-5-14)24-9-8-22-20(24)28-3/h4-11H,12H2,1-3H3,(H,23,25). The molecule has 8 heteroatoms. The van der Waals surface area contributed by atoms with Gasteiger partial charge in [-0.15, -0.1) is 0 Å². The number of imidazole rings is 1. The third-order valence-corrected chi connectivity index (χ3v) is 5.40. The number of thioether (sulfide) groups is 1. The van der Waals surface area contributed by atoms with E-state index in [2.05, 4.69) is 26.2 Å². The van der Waals surface area contributed by atoms with Gasteiger partial charge in [0.25, 0.3) is 5.91 Å². The lowest BCUT2D eigenvalue weighted by Gasteiger charge is -2.13. The quantitative estimate of drug-likeness (QED) is 0.531. The molecule has 2 aromatic carbocycles. The maximum Gasteiger partial charge on any atom is 0.251 e. The number of nitrogens with zero attached hydrogens (tertiary/aromatic N) is 2. The molecule has 0 saturated carbocycles. The van der Waals surface area contributed by atoms with Crippen LogP contribution in [0.15, 0.2) is 58.4 Å². The van der Waals surface area contributed by atoms with Crippen molar-refractivity contribution in [3.63, 3.8) is 0 Å². The van der Waals surface area contributed by atoms with Gasteiger partial charge in [-0.2, -0.15) is 0 Å². The lowest BCUT2D eigenvalue weighted by atomic mass is 10.1. The van der Waals surface area contributed by atoms with Crippen molar-refractivity contribution < 1.29 is 14.3 Å². The van der Waals surface area contributed by atoms with Crippen molar-refractivity contribution in [1.29, 1.82) is 0 Å². The first kappa shape index (κ1) is 20.3. The second-order valence-electron chi connectivity index (χ2n) is 5.83. The van der Waals surface area contributed by atoms with Crippen LogP contribution in [0.1, 0.15) is 15.9 Å². The summed E-state index contributed by atoms with van der Waals surface area (Å²) < 4.78 is 13.4. The molecule has 0 fully saturated rings. The number of hydrogen-bond donors (Lipinski definition) is 1. The van der Waals surface area contributed by atoms with Gasteiger partial charge in [0.1, 0.15) is 0 Å². The molecular weight excluding hydrogens is 442 g/mol. The molecule has 1 aromatic heterocycles. The van der Waals surface area contributed by atoms with Crippen molar-refractivity contribution in [2.45, 2.75) is 11.7 Å². The van der Waals surface area contributed by atoms with E-state index in [1.807, 2.05) is 41.3 Å². The molecule has 3 aromatic rings. The van der Waals surface area contributed by atoms with E-state index in [4.69, 9.17) is 9.47 Å². The highest BCUT2D eigenvalue weighted by Gasteiger charge is 2.12. The van der Waals surface area contributed by atoms with Crippen LogP contribution in [0.5, 0.6) is 11.5 Å². The lowest BCUT2D eigenvalue weighted by molar-refractivity contribution is 0.0951. The largest absolute Gasteiger partial charge is 0.493 e. The first-order valence-electron chi connectivity index (χ1n) is 8.43. The fraction of sp³-hybridized carbons (Fsp3) is 0.200. The molecule has 1 amide bonds. The van der Waals surface area contributed by atoms with Gasteiger partial charge in [-0.05, 0) is 64.1 Å². The maximum atomic E-state index is 12.5. The van der Waals surface area contributed by atoms with Crippen LogP contribution in [-0.4, -0.2) is 35.9 Å². The SMILES string of the molecule is COc1cc(CNC(=O)c2ccc(-n3ccnc3SC)cc2)cc(Br)c1OC. The number of nitrogens with one attached hydrogen (secondary N) is 1. The number of amides is 1. The van der Waals surface area contributed by atoms with Gasteiger partial charge in [0, 0.05) is 30.2 Å². The third kappa shape index (κ3) is 4.34. The van der Waals surface area contributed by atoms with Crippen LogP contribution in [0, 0.1) is 0 Å². The number of hydrogen-bond acceptors (Lipinski definition) is 5. The molecule has 6 nitrogen and oxygen atoms in total. The smallest absolute Gasteiger partial charge is 0.251 e. The molecule has 0 unspecified atom stereocenters. The van der Waals surface area contributed by atoms with E-state index >= 15 is 0 Å². The molecule has 0 aliphatic rings. The highest BCUT2D eigenvalue weighted by atomic mass is 79.9. The molecule has 0 spiro atoms. The monoisotopic (exact) mass is 461 g/mol. The van der Waals surface area contributed by atoms with Crippen LogP contribution in [-0.2, 0) is 6.54 Å². The molecule has 1 heterocycles. The Balaban J connectivity index is 1.69. The highest BCUT2D eigenvalue weighted by molar-refractivity contribution is 9.10. The van der Waals surface area contributed by atoms with Crippen LogP contribution >= 0.6 is 27.7 Å². The molecular formula is C20H20BrN3O3S. The topological polar surface area (TPSA) is 65.4 Å². The van der Waals surface area contributed by atoms with Gasteiger partial charge < -0.3 is 14.8 Å². The summed E-state index contributed by atoms with van der Waals surface area (Å²) in [4.78, 5) is 16.8. The molecule has 3 rings (SSSR count). The predicted octanol–water partition coefficient (Wildman–Crippen LogP) is 4.30. The lowest BCUT2D eigenvalue weighted by Crippen LogP contribution is -2.22. The summed E-state index contributed by atoms with van der Waals surface area (Å²) in [6.07, 6.45) is 5.64. The molecule has 0 radical (unpaired) electrons. The number of rotatable bonds is 7. The van der Waals surface area contributed by atoms with E-state index in [0.29, 0.717) is 23.6 Å².